The summed E-state index contributed by atoms with van der Waals surface area (Å²) in [6.45, 7) is 1.71. The predicted molar refractivity (Wildman–Crippen MR) is 112 cm³/mol. The SMILES string of the molecule is O=C(NCCCCCCCCNC(=O)[C@@H]1C[C@@H]2CC[C@@H]1C2)[C@H]1C[C@H]2CC[C@@H]1C2. The summed E-state index contributed by atoms with van der Waals surface area (Å²) < 4.78 is 0. The molecule has 0 aliphatic heterocycles. The molecule has 0 aromatic heterocycles. The number of hydrogen-bond acceptors (Lipinski definition) is 2. The minimum absolute atomic E-state index is 0.327. The smallest absolute Gasteiger partial charge is 0.223 e. The van der Waals surface area contributed by atoms with Crippen molar-refractivity contribution in [3.05, 3.63) is 0 Å². The summed E-state index contributed by atoms with van der Waals surface area (Å²) in [4.78, 5) is 24.6. The van der Waals surface area contributed by atoms with E-state index < -0.39 is 0 Å². The van der Waals surface area contributed by atoms with Gasteiger partial charge in [0, 0.05) is 24.9 Å². The fraction of sp³-hybridized carbons (Fsp3) is 0.917. The molecule has 0 spiro atoms. The van der Waals surface area contributed by atoms with Crippen molar-refractivity contribution >= 4 is 11.8 Å². The van der Waals surface area contributed by atoms with Gasteiger partial charge in [0.05, 0.1) is 0 Å². The van der Waals surface area contributed by atoms with Gasteiger partial charge in [0.1, 0.15) is 0 Å². The Bertz CT molecular complexity index is 501. The van der Waals surface area contributed by atoms with Gasteiger partial charge < -0.3 is 10.6 Å². The number of rotatable bonds is 11. The van der Waals surface area contributed by atoms with Crippen LogP contribution in [-0.4, -0.2) is 24.9 Å². The molecule has 0 aromatic carbocycles. The predicted octanol–water partition coefficient (Wildman–Crippen LogP) is 4.43. The van der Waals surface area contributed by atoms with Crippen molar-refractivity contribution in [3.8, 4) is 0 Å². The van der Waals surface area contributed by atoms with Gasteiger partial charge >= 0.3 is 0 Å². The number of nitrogens with one attached hydrogen (secondary N) is 2. The lowest BCUT2D eigenvalue weighted by Gasteiger charge is -2.20. The molecule has 0 aromatic rings. The van der Waals surface area contributed by atoms with Crippen LogP contribution in [0.3, 0.4) is 0 Å². The number of amides is 2. The molecule has 28 heavy (non-hydrogen) atoms. The third-order valence-corrected chi connectivity index (χ3v) is 8.35. The van der Waals surface area contributed by atoms with Gasteiger partial charge in [0.15, 0.2) is 0 Å². The summed E-state index contributed by atoms with van der Waals surface area (Å²) in [7, 11) is 0. The van der Waals surface area contributed by atoms with Gasteiger partial charge in [-0.2, -0.15) is 0 Å². The second-order valence-electron chi connectivity index (χ2n) is 10.3. The van der Waals surface area contributed by atoms with Gasteiger partial charge in [-0.05, 0) is 75.0 Å². The molecular weight excluding hydrogens is 348 g/mol. The van der Waals surface area contributed by atoms with E-state index in [9.17, 15) is 9.59 Å². The minimum atomic E-state index is 0.327. The van der Waals surface area contributed by atoms with E-state index in [0.29, 0.717) is 35.5 Å². The van der Waals surface area contributed by atoms with E-state index in [1.807, 2.05) is 0 Å². The first kappa shape index (κ1) is 20.2. The summed E-state index contributed by atoms with van der Waals surface area (Å²) in [5.41, 5.74) is 0. The van der Waals surface area contributed by atoms with Crippen LogP contribution in [0, 0.1) is 35.5 Å². The molecule has 2 N–H and O–H groups in total. The first-order valence-electron chi connectivity index (χ1n) is 12.3. The van der Waals surface area contributed by atoms with E-state index >= 15 is 0 Å². The van der Waals surface area contributed by atoms with Gasteiger partial charge in [-0.25, -0.2) is 0 Å². The van der Waals surface area contributed by atoms with Gasteiger partial charge in [0.2, 0.25) is 11.8 Å². The Hall–Kier alpha value is -1.06. The van der Waals surface area contributed by atoms with E-state index in [-0.39, 0.29) is 0 Å². The lowest BCUT2D eigenvalue weighted by molar-refractivity contribution is -0.127. The molecule has 158 valence electrons. The fourth-order valence-corrected chi connectivity index (χ4v) is 6.77. The molecule has 4 aliphatic carbocycles. The van der Waals surface area contributed by atoms with Crippen molar-refractivity contribution in [3.63, 3.8) is 0 Å². The van der Waals surface area contributed by atoms with Crippen LogP contribution in [0.25, 0.3) is 0 Å². The van der Waals surface area contributed by atoms with Crippen molar-refractivity contribution < 1.29 is 9.59 Å². The normalized spacial score (nSPS) is 35.4. The van der Waals surface area contributed by atoms with E-state index in [0.717, 1.165) is 50.6 Å². The summed E-state index contributed by atoms with van der Waals surface area (Å²) in [5.74, 6) is 4.39. The quantitative estimate of drug-likeness (QED) is 0.514. The lowest BCUT2D eigenvalue weighted by Crippen LogP contribution is -2.34. The Morgan fingerprint density at radius 2 is 1.00 bits per heavy atom. The van der Waals surface area contributed by atoms with E-state index in [4.69, 9.17) is 0 Å². The Morgan fingerprint density at radius 3 is 1.36 bits per heavy atom. The first-order chi connectivity index (χ1) is 13.7. The molecule has 0 saturated heterocycles. The van der Waals surface area contributed by atoms with Gasteiger partial charge in [-0.3, -0.25) is 9.59 Å². The minimum Gasteiger partial charge on any atom is -0.356 e. The zero-order chi connectivity index (χ0) is 19.3. The van der Waals surface area contributed by atoms with Gasteiger partial charge in [0.25, 0.3) is 0 Å². The van der Waals surface area contributed by atoms with Crippen LogP contribution in [0.1, 0.15) is 89.9 Å². The van der Waals surface area contributed by atoms with Crippen molar-refractivity contribution in [2.75, 3.05) is 13.1 Å². The molecule has 4 nitrogen and oxygen atoms in total. The maximum absolute atomic E-state index is 12.3. The molecule has 2 amide bonds. The second kappa shape index (κ2) is 9.63. The Balaban J connectivity index is 0.946. The zero-order valence-corrected chi connectivity index (χ0v) is 17.6. The fourth-order valence-electron chi connectivity index (χ4n) is 6.77. The Labute approximate surface area is 171 Å². The van der Waals surface area contributed by atoms with Crippen molar-refractivity contribution in [1.29, 1.82) is 0 Å². The average molecular weight is 389 g/mol. The molecule has 0 heterocycles. The molecule has 0 radical (unpaired) electrons. The van der Waals surface area contributed by atoms with E-state index in [2.05, 4.69) is 10.6 Å². The van der Waals surface area contributed by atoms with Crippen molar-refractivity contribution in [1.82, 2.24) is 10.6 Å². The molecular formula is C24H40N2O2. The Morgan fingerprint density at radius 1 is 0.571 bits per heavy atom. The highest BCUT2D eigenvalue weighted by Crippen LogP contribution is 2.49. The molecule has 4 rings (SSSR count). The van der Waals surface area contributed by atoms with Gasteiger partial charge in [-0.1, -0.05) is 38.5 Å². The van der Waals surface area contributed by atoms with Crippen LogP contribution in [0.5, 0.6) is 0 Å². The van der Waals surface area contributed by atoms with Crippen LogP contribution in [-0.2, 0) is 9.59 Å². The van der Waals surface area contributed by atoms with Crippen LogP contribution in [0.2, 0.25) is 0 Å². The number of hydrogen-bond donors (Lipinski definition) is 2. The van der Waals surface area contributed by atoms with Crippen LogP contribution in [0.4, 0.5) is 0 Å². The summed E-state index contributed by atoms with van der Waals surface area (Å²) in [6.07, 6.45) is 17.3. The first-order valence-corrected chi connectivity index (χ1v) is 12.3. The van der Waals surface area contributed by atoms with Crippen LogP contribution < -0.4 is 10.6 Å². The highest BCUT2D eigenvalue weighted by atomic mass is 16.2. The van der Waals surface area contributed by atoms with Crippen molar-refractivity contribution in [2.45, 2.75) is 89.9 Å². The number of unbranched alkanes of at least 4 members (excludes halogenated alkanes) is 5. The molecule has 4 saturated carbocycles. The third kappa shape index (κ3) is 4.91. The van der Waals surface area contributed by atoms with Crippen LogP contribution >= 0.6 is 0 Å². The number of carbonyl (C=O) groups excluding carboxylic acids is 2. The standard InChI is InChI=1S/C24H40N2O2/c27-23(21-15-17-7-9-19(21)13-17)25-11-5-3-1-2-4-6-12-26-24(28)22-16-18-8-10-20(22)14-18/h17-22H,1-16H2,(H,25,27)(H,26,28)/t17-,18+,19-,20-,21-,22+/m1/s1. The molecule has 6 atom stereocenters. The van der Waals surface area contributed by atoms with E-state index in [1.54, 1.807) is 0 Å². The third-order valence-electron chi connectivity index (χ3n) is 8.35. The second-order valence-corrected chi connectivity index (χ2v) is 10.3. The number of carbonyl (C=O) groups is 2. The lowest BCUT2D eigenvalue weighted by atomic mass is 9.88. The highest BCUT2D eigenvalue weighted by molar-refractivity contribution is 5.79. The summed E-state index contributed by atoms with van der Waals surface area (Å²) >= 11 is 0. The molecule has 4 aliphatic rings. The van der Waals surface area contributed by atoms with Crippen molar-refractivity contribution in [2.24, 2.45) is 35.5 Å². The monoisotopic (exact) mass is 388 g/mol. The van der Waals surface area contributed by atoms with Gasteiger partial charge in [-0.15, -0.1) is 0 Å². The zero-order valence-electron chi connectivity index (χ0n) is 17.6. The molecule has 0 unspecified atom stereocenters. The largest absolute Gasteiger partial charge is 0.356 e. The summed E-state index contributed by atoms with van der Waals surface area (Å²) in [5, 5.41) is 6.37. The highest BCUT2D eigenvalue weighted by Gasteiger charge is 2.43. The van der Waals surface area contributed by atoms with Crippen LogP contribution in [0.15, 0.2) is 0 Å². The Kier molecular flexibility index (Phi) is 6.95. The summed E-state index contributed by atoms with van der Waals surface area (Å²) in [6, 6.07) is 0. The molecule has 4 bridgehead atoms. The average Bonchev–Trinajstić information content (AvgIpc) is 3.49. The maximum atomic E-state index is 12.3. The number of fused-ring (bicyclic) bond motifs is 4. The molecule has 4 fully saturated rings. The van der Waals surface area contributed by atoms with E-state index in [1.165, 1.54) is 64.2 Å². The molecule has 4 heteroatoms. The maximum Gasteiger partial charge on any atom is 0.223 e. The topological polar surface area (TPSA) is 58.2 Å².